The fourth-order valence-electron chi connectivity index (χ4n) is 2.07. The van der Waals surface area contributed by atoms with Crippen LogP contribution in [-0.2, 0) is 9.53 Å². The monoisotopic (exact) mass is 201 g/mol. The van der Waals surface area contributed by atoms with Crippen molar-refractivity contribution in [3.63, 3.8) is 0 Å². The number of alkyl halides is 1. The highest BCUT2D eigenvalue weighted by molar-refractivity contribution is 5.83. The van der Waals surface area contributed by atoms with Crippen LogP contribution in [0.4, 0.5) is 4.39 Å². The minimum Gasteiger partial charge on any atom is -0.381 e. The zero-order valence-electron chi connectivity index (χ0n) is 8.25. The molecule has 0 spiro atoms. The van der Waals surface area contributed by atoms with E-state index in [4.69, 9.17) is 4.74 Å². The molecule has 2 aliphatic rings. The third-order valence-corrected chi connectivity index (χ3v) is 2.98. The first-order chi connectivity index (χ1) is 6.75. The maximum Gasteiger partial charge on any atom is 0.152 e. The van der Waals surface area contributed by atoms with Crippen LogP contribution in [0.2, 0.25) is 0 Å². The van der Waals surface area contributed by atoms with Gasteiger partial charge in [0.25, 0.3) is 0 Å². The minimum absolute atomic E-state index is 0.0636. The summed E-state index contributed by atoms with van der Waals surface area (Å²) in [5.41, 5.74) is 0. The molecule has 0 N–H and O–H groups in total. The summed E-state index contributed by atoms with van der Waals surface area (Å²) in [7, 11) is 0. The van der Waals surface area contributed by atoms with Crippen molar-refractivity contribution in [2.45, 2.75) is 19.0 Å². The average Bonchev–Trinajstić information content (AvgIpc) is 2.75. The number of rotatable bonds is 3. The third-order valence-electron chi connectivity index (χ3n) is 2.98. The number of nitrogens with zero attached hydrogens (tertiary/aromatic N) is 1. The summed E-state index contributed by atoms with van der Waals surface area (Å²) in [6.07, 6.45) is 0.683. The van der Waals surface area contributed by atoms with Crippen LogP contribution in [0.25, 0.3) is 0 Å². The molecule has 3 nitrogen and oxygen atoms in total. The van der Waals surface area contributed by atoms with E-state index in [1.807, 2.05) is 4.90 Å². The molecule has 4 heteroatoms. The number of Topliss-reactive ketones (excluding diaryl/α,β-unsaturated/α-hetero) is 1. The Labute approximate surface area is 83.2 Å². The molecule has 0 aromatic carbocycles. The van der Waals surface area contributed by atoms with E-state index in [-0.39, 0.29) is 11.7 Å². The number of carbonyl (C=O) groups is 1. The van der Waals surface area contributed by atoms with E-state index in [0.29, 0.717) is 32.7 Å². The largest absolute Gasteiger partial charge is 0.381 e. The van der Waals surface area contributed by atoms with Gasteiger partial charge >= 0.3 is 0 Å². The smallest absolute Gasteiger partial charge is 0.152 e. The molecule has 0 aliphatic carbocycles. The Kier molecular flexibility index (Phi) is 3.13. The lowest BCUT2D eigenvalue weighted by Crippen LogP contribution is -2.32. The van der Waals surface area contributed by atoms with Crippen LogP contribution >= 0.6 is 0 Å². The second kappa shape index (κ2) is 4.36. The van der Waals surface area contributed by atoms with E-state index < -0.39 is 6.17 Å². The van der Waals surface area contributed by atoms with Crippen LogP contribution in [0, 0.1) is 5.92 Å². The Morgan fingerprint density at radius 1 is 1.50 bits per heavy atom. The van der Waals surface area contributed by atoms with Crippen LogP contribution < -0.4 is 0 Å². The van der Waals surface area contributed by atoms with Crippen LogP contribution in [-0.4, -0.2) is 49.7 Å². The first-order valence-electron chi connectivity index (χ1n) is 5.22. The van der Waals surface area contributed by atoms with Crippen LogP contribution in [0.3, 0.4) is 0 Å². The summed E-state index contributed by atoms with van der Waals surface area (Å²) in [6.45, 7) is 2.82. The minimum atomic E-state index is -0.734. The van der Waals surface area contributed by atoms with Crippen LogP contribution in [0.1, 0.15) is 12.8 Å². The average molecular weight is 201 g/mol. The lowest BCUT2D eigenvalue weighted by atomic mass is 10.0. The molecule has 0 aromatic heterocycles. The molecule has 2 fully saturated rings. The second-order valence-corrected chi connectivity index (χ2v) is 4.15. The van der Waals surface area contributed by atoms with Gasteiger partial charge < -0.3 is 4.74 Å². The zero-order chi connectivity index (χ0) is 9.97. The van der Waals surface area contributed by atoms with E-state index in [0.717, 1.165) is 13.0 Å². The molecule has 0 amide bonds. The number of hydrogen-bond acceptors (Lipinski definition) is 3. The van der Waals surface area contributed by atoms with E-state index in [1.165, 1.54) is 0 Å². The first-order valence-corrected chi connectivity index (χ1v) is 5.22. The number of carbonyl (C=O) groups excluding carboxylic acids is 1. The molecule has 0 radical (unpaired) electrons. The number of ether oxygens (including phenoxy) is 1. The Hall–Kier alpha value is -0.480. The van der Waals surface area contributed by atoms with Gasteiger partial charge in [0.2, 0.25) is 0 Å². The van der Waals surface area contributed by atoms with Crippen molar-refractivity contribution in [1.82, 2.24) is 4.90 Å². The maximum absolute atomic E-state index is 12.8. The SMILES string of the molecule is O=C(CN1CCC(F)C1)C1CCOC1. The number of hydrogen-bond donors (Lipinski definition) is 0. The summed E-state index contributed by atoms with van der Waals surface area (Å²) in [4.78, 5) is 13.6. The Bertz CT molecular complexity index is 216. The summed E-state index contributed by atoms with van der Waals surface area (Å²) < 4.78 is 18.0. The fourth-order valence-corrected chi connectivity index (χ4v) is 2.07. The molecule has 0 bridgehead atoms. The van der Waals surface area contributed by atoms with Gasteiger partial charge in [0.05, 0.1) is 13.2 Å². The van der Waals surface area contributed by atoms with Gasteiger partial charge in [0.1, 0.15) is 6.17 Å². The van der Waals surface area contributed by atoms with Crippen molar-refractivity contribution in [3.05, 3.63) is 0 Å². The zero-order valence-corrected chi connectivity index (χ0v) is 8.25. The van der Waals surface area contributed by atoms with Crippen molar-refractivity contribution in [2.75, 3.05) is 32.8 Å². The molecular weight excluding hydrogens is 185 g/mol. The van der Waals surface area contributed by atoms with Crippen molar-refractivity contribution in [2.24, 2.45) is 5.92 Å². The first kappa shape index (κ1) is 10.1. The highest BCUT2D eigenvalue weighted by atomic mass is 19.1. The van der Waals surface area contributed by atoms with Crippen LogP contribution in [0.15, 0.2) is 0 Å². The summed E-state index contributed by atoms with van der Waals surface area (Å²) >= 11 is 0. The number of likely N-dealkylation sites (tertiary alicyclic amines) is 1. The molecule has 2 unspecified atom stereocenters. The van der Waals surface area contributed by atoms with Crippen molar-refractivity contribution >= 4 is 5.78 Å². The predicted molar refractivity (Wildman–Crippen MR) is 49.9 cm³/mol. The molecule has 80 valence electrons. The quantitative estimate of drug-likeness (QED) is 0.671. The number of ketones is 1. The van der Waals surface area contributed by atoms with Gasteiger partial charge in [0, 0.05) is 25.6 Å². The number of halogens is 1. The normalized spacial score (nSPS) is 33.8. The van der Waals surface area contributed by atoms with Crippen molar-refractivity contribution in [3.8, 4) is 0 Å². The summed E-state index contributed by atoms with van der Waals surface area (Å²) in [5, 5.41) is 0. The highest BCUT2D eigenvalue weighted by Crippen LogP contribution is 2.17. The molecule has 14 heavy (non-hydrogen) atoms. The maximum atomic E-state index is 12.8. The molecular formula is C10H16FNO2. The van der Waals surface area contributed by atoms with Gasteiger partial charge in [-0.15, -0.1) is 0 Å². The van der Waals surface area contributed by atoms with Crippen molar-refractivity contribution in [1.29, 1.82) is 0 Å². The lowest BCUT2D eigenvalue weighted by molar-refractivity contribution is -0.123. The van der Waals surface area contributed by atoms with E-state index >= 15 is 0 Å². The van der Waals surface area contributed by atoms with Crippen molar-refractivity contribution < 1.29 is 13.9 Å². The summed E-state index contributed by atoms with van der Waals surface area (Å²) in [6, 6.07) is 0. The Morgan fingerprint density at radius 3 is 2.93 bits per heavy atom. The molecule has 2 heterocycles. The van der Waals surface area contributed by atoms with Crippen LogP contribution in [0.5, 0.6) is 0 Å². The Morgan fingerprint density at radius 2 is 2.36 bits per heavy atom. The van der Waals surface area contributed by atoms with Gasteiger partial charge in [-0.25, -0.2) is 4.39 Å². The lowest BCUT2D eigenvalue weighted by Gasteiger charge is -2.15. The van der Waals surface area contributed by atoms with E-state index in [1.54, 1.807) is 0 Å². The van der Waals surface area contributed by atoms with E-state index in [9.17, 15) is 9.18 Å². The van der Waals surface area contributed by atoms with Gasteiger partial charge in [-0.1, -0.05) is 0 Å². The van der Waals surface area contributed by atoms with Gasteiger partial charge in [0.15, 0.2) is 5.78 Å². The molecule has 2 rings (SSSR count). The fraction of sp³-hybridized carbons (Fsp3) is 0.900. The molecule has 2 atom stereocenters. The molecule has 0 saturated carbocycles. The molecule has 2 aliphatic heterocycles. The molecule has 2 saturated heterocycles. The second-order valence-electron chi connectivity index (χ2n) is 4.15. The standard InChI is InChI=1S/C10H16FNO2/c11-9-1-3-12(5-9)6-10(13)8-2-4-14-7-8/h8-9H,1-7H2. The Balaban J connectivity index is 1.76. The topological polar surface area (TPSA) is 29.5 Å². The summed E-state index contributed by atoms with van der Waals surface area (Å²) in [5.74, 6) is 0.283. The molecule has 0 aromatic rings. The highest BCUT2D eigenvalue weighted by Gasteiger charge is 2.28. The third kappa shape index (κ3) is 2.30. The predicted octanol–water partition coefficient (Wildman–Crippen LogP) is 0.636. The van der Waals surface area contributed by atoms with Gasteiger partial charge in [-0.05, 0) is 12.8 Å². The van der Waals surface area contributed by atoms with Gasteiger partial charge in [-0.2, -0.15) is 0 Å². The van der Waals surface area contributed by atoms with E-state index in [2.05, 4.69) is 0 Å². The van der Waals surface area contributed by atoms with Gasteiger partial charge in [-0.3, -0.25) is 9.69 Å².